The van der Waals surface area contributed by atoms with Crippen LogP contribution < -0.4 is 0 Å². The summed E-state index contributed by atoms with van der Waals surface area (Å²) in [5.74, 6) is 0.716. The van der Waals surface area contributed by atoms with Crippen LogP contribution in [0.1, 0.15) is 41.1 Å². The molecule has 1 aliphatic carbocycles. The van der Waals surface area contributed by atoms with Crippen molar-refractivity contribution in [3.63, 3.8) is 0 Å². The lowest BCUT2D eigenvalue weighted by Gasteiger charge is -2.12. The van der Waals surface area contributed by atoms with Gasteiger partial charge in [-0.15, -0.1) is 11.3 Å². The van der Waals surface area contributed by atoms with Crippen LogP contribution in [-0.4, -0.2) is 12.1 Å². The Hall–Kier alpha value is -1.19. The van der Waals surface area contributed by atoms with Gasteiger partial charge in [-0.05, 0) is 18.4 Å². The summed E-state index contributed by atoms with van der Waals surface area (Å²) in [5.41, 5.74) is 2.43. The van der Waals surface area contributed by atoms with Gasteiger partial charge in [0.1, 0.15) is 11.1 Å². The van der Waals surface area contributed by atoms with Crippen LogP contribution in [0.4, 0.5) is 0 Å². The van der Waals surface area contributed by atoms with Crippen LogP contribution in [0.3, 0.4) is 0 Å². The van der Waals surface area contributed by atoms with E-state index in [-0.39, 0.29) is 6.10 Å². The van der Waals surface area contributed by atoms with Gasteiger partial charge >= 0.3 is 0 Å². The molecule has 0 aliphatic heterocycles. The molecule has 0 radical (unpaired) electrons. The first-order valence-electron chi connectivity index (χ1n) is 5.91. The lowest BCUT2D eigenvalue weighted by Crippen LogP contribution is -2.03. The van der Waals surface area contributed by atoms with Crippen molar-refractivity contribution in [2.45, 2.75) is 24.9 Å². The Kier molecular flexibility index (Phi) is 2.95. The Morgan fingerprint density at radius 1 is 1.29 bits per heavy atom. The van der Waals surface area contributed by atoms with E-state index in [0.29, 0.717) is 5.92 Å². The topological polar surface area (TPSA) is 22.1 Å². The van der Waals surface area contributed by atoms with Gasteiger partial charge in [-0.2, -0.15) is 0 Å². The fourth-order valence-electron chi connectivity index (χ4n) is 2.00. The zero-order valence-electron chi connectivity index (χ0n) is 9.80. The van der Waals surface area contributed by atoms with E-state index < -0.39 is 0 Å². The largest absolute Gasteiger partial charge is 0.370 e. The molecule has 1 unspecified atom stereocenters. The van der Waals surface area contributed by atoms with Crippen molar-refractivity contribution in [2.75, 3.05) is 7.11 Å². The average molecular weight is 245 g/mol. The highest BCUT2D eigenvalue weighted by molar-refractivity contribution is 7.09. The number of rotatable bonds is 4. The second kappa shape index (κ2) is 4.59. The lowest BCUT2D eigenvalue weighted by atomic mass is 10.1. The summed E-state index contributed by atoms with van der Waals surface area (Å²) < 4.78 is 5.58. The molecule has 1 aromatic carbocycles. The Morgan fingerprint density at radius 3 is 2.71 bits per heavy atom. The van der Waals surface area contributed by atoms with Crippen LogP contribution in [0.2, 0.25) is 0 Å². The predicted octanol–water partition coefficient (Wildman–Crippen LogP) is 3.76. The van der Waals surface area contributed by atoms with E-state index in [1.54, 1.807) is 18.4 Å². The number of aromatic nitrogens is 1. The smallest absolute Gasteiger partial charge is 0.134 e. The van der Waals surface area contributed by atoms with Gasteiger partial charge in [-0.3, -0.25) is 0 Å². The first-order chi connectivity index (χ1) is 8.38. The zero-order chi connectivity index (χ0) is 11.7. The summed E-state index contributed by atoms with van der Waals surface area (Å²) in [6.07, 6.45) is 2.58. The summed E-state index contributed by atoms with van der Waals surface area (Å²) in [6, 6.07) is 10.3. The SMILES string of the molecule is COC(c1ccccc1)c1nc(C2CC2)cs1. The maximum Gasteiger partial charge on any atom is 0.134 e. The molecule has 1 atom stereocenters. The molecule has 1 heterocycles. The van der Waals surface area contributed by atoms with E-state index in [9.17, 15) is 0 Å². The van der Waals surface area contributed by atoms with Crippen LogP contribution >= 0.6 is 11.3 Å². The van der Waals surface area contributed by atoms with E-state index in [4.69, 9.17) is 9.72 Å². The molecule has 3 rings (SSSR count). The number of thiazole rings is 1. The van der Waals surface area contributed by atoms with Gasteiger partial charge in [0, 0.05) is 18.4 Å². The molecular weight excluding hydrogens is 230 g/mol. The van der Waals surface area contributed by atoms with E-state index >= 15 is 0 Å². The van der Waals surface area contributed by atoms with Crippen molar-refractivity contribution >= 4 is 11.3 Å². The minimum absolute atomic E-state index is 0.0197. The monoisotopic (exact) mass is 245 g/mol. The number of methoxy groups -OCH3 is 1. The maximum absolute atomic E-state index is 5.58. The maximum atomic E-state index is 5.58. The van der Waals surface area contributed by atoms with Gasteiger partial charge in [0.15, 0.2) is 0 Å². The number of ether oxygens (including phenoxy) is 1. The third-order valence-corrected chi connectivity index (χ3v) is 4.00. The summed E-state index contributed by atoms with van der Waals surface area (Å²) in [5, 5.41) is 3.25. The molecule has 0 N–H and O–H groups in total. The number of nitrogens with zero attached hydrogens (tertiary/aromatic N) is 1. The van der Waals surface area contributed by atoms with E-state index in [0.717, 1.165) is 5.01 Å². The van der Waals surface area contributed by atoms with Crippen LogP contribution in [-0.2, 0) is 4.74 Å². The van der Waals surface area contributed by atoms with E-state index in [2.05, 4.69) is 17.5 Å². The van der Waals surface area contributed by atoms with Gasteiger partial charge in [-0.1, -0.05) is 30.3 Å². The second-order valence-electron chi connectivity index (χ2n) is 4.41. The van der Waals surface area contributed by atoms with Gasteiger partial charge in [0.05, 0.1) is 5.69 Å². The molecule has 1 saturated carbocycles. The van der Waals surface area contributed by atoms with Crippen molar-refractivity contribution in [1.82, 2.24) is 4.98 Å². The average Bonchev–Trinajstić information content (AvgIpc) is 3.12. The molecule has 2 aromatic rings. The van der Waals surface area contributed by atoms with Gasteiger partial charge in [0.25, 0.3) is 0 Å². The Labute approximate surface area is 105 Å². The summed E-state index contributed by atoms with van der Waals surface area (Å²) >= 11 is 1.71. The Balaban J connectivity index is 1.88. The van der Waals surface area contributed by atoms with Crippen molar-refractivity contribution in [1.29, 1.82) is 0 Å². The molecule has 3 heteroatoms. The summed E-state index contributed by atoms with van der Waals surface area (Å²) in [4.78, 5) is 4.71. The van der Waals surface area contributed by atoms with Gasteiger partial charge in [0.2, 0.25) is 0 Å². The number of hydrogen-bond donors (Lipinski definition) is 0. The van der Waals surface area contributed by atoms with Crippen molar-refractivity contribution in [2.24, 2.45) is 0 Å². The molecule has 0 bridgehead atoms. The number of hydrogen-bond acceptors (Lipinski definition) is 3. The molecule has 1 aliphatic rings. The lowest BCUT2D eigenvalue weighted by molar-refractivity contribution is 0.136. The first-order valence-corrected chi connectivity index (χ1v) is 6.79. The molecule has 1 fully saturated rings. The molecule has 17 heavy (non-hydrogen) atoms. The quantitative estimate of drug-likeness (QED) is 0.818. The third kappa shape index (κ3) is 2.26. The van der Waals surface area contributed by atoms with Crippen LogP contribution in [0, 0.1) is 0 Å². The van der Waals surface area contributed by atoms with E-state index in [1.807, 2.05) is 18.2 Å². The van der Waals surface area contributed by atoms with Gasteiger partial charge in [-0.25, -0.2) is 4.98 Å². The standard InChI is InChI=1S/C14H15NOS/c1-16-13(11-5-3-2-4-6-11)14-15-12(9-17-14)10-7-8-10/h2-6,9-10,13H,7-8H2,1H3. The highest BCUT2D eigenvalue weighted by Gasteiger charge is 2.27. The molecule has 88 valence electrons. The van der Waals surface area contributed by atoms with Gasteiger partial charge < -0.3 is 4.74 Å². The molecule has 1 aromatic heterocycles. The Bertz CT molecular complexity index is 490. The molecular formula is C14H15NOS. The number of benzene rings is 1. The highest BCUT2D eigenvalue weighted by atomic mass is 32.1. The van der Waals surface area contributed by atoms with Crippen LogP contribution in [0.15, 0.2) is 35.7 Å². The highest BCUT2D eigenvalue weighted by Crippen LogP contribution is 2.41. The van der Waals surface area contributed by atoms with Crippen molar-refractivity contribution < 1.29 is 4.74 Å². The van der Waals surface area contributed by atoms with Crippen LogP contribution in [0.25, 0.3) is 0 Å². The third-order valence-electron chi connectivity index (χ3n) is 3.10. The summed E-state index contributed by atoms with van der Waals surface area (Å²) in [7, 11) is 1.75. The van der Waals surface area contributed by atoms with Crippen molar-refractivity contribution in [3.05, 3.63) is 52.0 Å². The molecule has 0 spiro atoms. The fourth-order valence-corrected chi connectivity index (χ4v) is 3.00. The Morgan fingerprint density at radius 2 is 2.06 bits per heavy atom. The van der Waals surface area contributed by atoms with E-state index in [1.165, 1.54) is 24.1 Å². The fraction of sp³-hybridized carbons (Fsp3) is 0.357. The predicted molar refractivity (Wildman–Crippen MR) is 69.4 cm³/mol. The minimum atomic E-state index is -0.0197. The molecule has 2 nitrogen and oxygen atoms in total. The zero-order valence-corrected chi connectivity index (χ0v) is 10.6. The normalized spacial score (nSPS) is 17.0. The summed E-state index contributed by atoms with van der Waals surface area (Å²) in [6.45, 7) is 0. The molecule has 0 saturated heterocycles. The van der Waals surface area contributed by atoms with Crippen LogP contribution in [0.5, 0.6) is 0 Å². The molecule has 0 amide bonds. The first kappa shape index (κ1) is 10.9. The minimum Gasteiger partial charge on any atom is -0.370 e. The van der Waals surface area contributed by atoms with Crippen molar-refractivity contribution in [3.8, 4) is 0 Å². The second-order valence-corrected chi connectivity index (χ2v) is 5.30.